The molecule has 0 amide bonds. The molecule has 2 N–H and O–H groups in total. The van der Waals surface area contributed by atoms with Gasteiger partial charge in [-0.15, -0.1) is 0 Å². The summed E-state index contributed by atoms with van der Waals surface area (Å²) in [7, 11) is 2.26. The van der Waals surface area contributed by atoms with Crippen molar-refractivity contribution in [2.24, 2.45) is 5.92 Å². The van der Waals surface area contributed by atoms with E-state index in [4.69, 9.17) is 14.9 Å². The highest BCUT2D eigenvalue weighted by atomic mass is 16.5. The van der Waals surface area contributed by atoms with E-state index in [1.54, 1.807) is 0 Å². The minimum atomic E-state index is -1.26. The molecular formula is C25H29NO5. The van der Waals surface area contributed by atoms with Crippen molar-refractivity contribution in [1.82, 2.24) is 4.90 Å². The predicted octanol–water partition coefficient (Wildman–Crippen LogP) is 3.81. The van der Waals surface area contributed by atoms with Crippen molar-refractivity contribution >= 4 is 11.9 Å². The van der Waals surface area contributed by atoms with E-state index in [9.17, 15) is 9.59 Å². The molecule has 2 aromatic rings. The summed E-state index contributed by atoms with van der Waals surface area (Å²) in [5, 5.41) is 15.6. The molecule has 31 heavy (non-hydrogen) atoms. The van der Waals surface area contributed by atoms with Gasteiger partial charge in [0.2, 0.25) is 0 Å². The van der Waals surface area contributed by atoms with Gasteiger partial charge in [-0.05, 0) is 50.4 Å². The summed E-state index contributed by atoms with van der Waals surface area (Å²) >= 11 is 0. The van der Waals surface area contributed by atoms with Crippen LogP contribution in [0.2, 0.25) is 0 Å². The second-order valence-corrected chi connectivity index (χ2v) is 8.20. The highest BCUT2D eigenvalue weighted by Gasteiger charge is 2.42. The zero-order valence-corrected chi connectivity index (χ0v) is 17.7. The van der Waals surface area contributed by atoms with Crippen LogP contribution in [0, 0.1) is 5.92 Å². The monoisotopic (exact) mass is 423 g/mol. The highest BCUT2D eigenvalue weighted by molar-refractivity contribution is 5.89. The number of carboxylic acid groups (broad SMARTS) is 2. The average Bonchev–Trinajstić information content (AvgIpc) is 3.50. The van der Waals surface area contributed by atoms with Crippen molar-refractivity contribution in [1.29, 1.82) is 0 Å². The van der Waals surface area contributed by atoms with Crippen molar-refractivity contribution in [3.8, 4) is 5.75 Å². The smallest absolute Gasteiger partial charge is 0.328 e. The Morgan fingerprint density at radius 2 is 1.65 bits per heavy atom. The molecule has 1 saturated carbocycles. The SMILES string of the molecule is CN(CCC1(c2ccccc2)COc2ccccc21)CC1CC1.O=C(O)/C=C/C(=O)O. The number of para-hydroxylation sites is 1. The van der Waals surface area contributed by atoms with Crippen LogP contribution in [0.1, 0.15) is 30.4 Å². The normalized spacial score (nSPS) is 19.4. The van der Waals surface area contributed by atoms with Crippen LogP contribution < -0.4 is 4.74 Å². The quantitative estimate of drug-likeness (QED) is 0.628. The van der Waals surface area contributed by atoms with Gasteiger partial charge in [-0.3, -0.25) is 0 Å². The second-order valence-electron chi connectivity index (χ2n) is 8.20. The number of hydrogen-bond donors (Lipinski definition) is 2. The third-order valence-electron chi connectivity index (χ3n) is 5.76. The zero-order valence-electron chi connectivity index (χ0n) is 17.7. The molecule has 1 heterocycles. The summed E-state index contributed by atoms with van der Waals surface area (Å²) in [6.07, 6.45) is 5.06. The molecule has 0 bridgehead atoms. The number of carbonyl (C=O) groups is 2. The van der Waals surface area contributed by atoms with Crippen LogP contribution in [0.5, 0.6) is 5.75 Å². The van der Waals surface area contributed by atoms with Crippen LogP contribution in [-0.4, -0.2) is 53.8 Å². The van der Waals surface area contributed by atoms with E-state index < -0.39 is 11.9 Å². The number of hydrogen-bond acceptors (Lipinski definition) is 4. The maximum Gasteiger partial charge on any atom is 0.328 e. The van der Waals surface area contributed by atoms with E-state index in [0.717, 1.165) is 31.2 Å². The maximum absolute atomic E-state index is 9.55. The van der Waals surface area contributed by atoms with Gasteiger partial charge >= 0.3 is 11.9 Å². The summed E-state index contributed by atoms with van der Waals surface area (Å²) < 4.78 is 6.08. The molecule has 164 valence electrons. The van der Waals surface area contributed by atoms with Gasteiger partial charge in [0.25, 0.3) is 0 Å². The molecule has 1 aliphatic heterocycles. The van der Waals surface area contributed by atoms with Gasteiger partial charge in [-0.25, -0.2) is 9.59 Å². The van der Waals surface area contributed by atoms with E-state index in [2.05, 4.69) is 66.5 Å². The molecule has 6 nitrogen and oxygen atoms in total. The van der Waals surface area contributed by atoms with Crippen LogP contribution in [0.4, 0.5) is 0 Å². The summed E-state index contributed by atoms with van der Waals surface area (Å²) in [6, 6.07) is 19.5. The van der Waals surface area contributed by atoms with Crippen molar-refractivity contribution in [3.05, 3.63) is 77.9 Å². The van der Waals surface area contributed by atoms with E-state index in [-0.39, 0.29) is 5.41 Å². The fourth-order valence-electron chi connectivity index (χ4n) is 3.97. The Hall–Kier alpha value is -3.12. The second kappa shape index (κ2) is 10.3. The van der Waals surface area contributed by atoms with Crippen LogP contribution in [-0.2, 0) is 15.0 Å². The Morgan fingerprint density at radius 1 is 1.03 bits per heavy atom. The van der Waals surface area contributed by atoms with Gasteiger partial charge in [-0.1, -0.05) is 48.5 Å². The Labute approximate surface area is 182 Å². The Kier molecular flexibility index (Phi) is 7.47. The van der Waals surface area contributed by atoms with E-state index in [1.807, 2.05) is 0 Å². The summed E-state index contributed by atoms with van der Waals surface area (Å²) in [4.78, 5) is 21.6. The Morgan fingerprint density at radius 3 is 2.26 bits per heavy atom. The first-order valence-electron chi connectivity index (χ1n) is 10.5. The largest absolute Gasteiger partial charge is 0.492 e. The van der Waals surface area contributed by atoms with Gasteiger partial charge in [0.15, 0.2) is 0 Å². The first kappa shape index (κ1) is 22.6. The standard InChI is InChI=1S/C21H25NO.C4H4O4/c1-22(15-17-11-12-17)14-13-21(18-7-3-2-4-8-18)16-23-20-10-6-5-9-19(20)21;5-3(6)1-2-4(7)8/h2-10,17H,11-16H2,1H3;1-2H,(H,5,6)(H,7,8)/b;2-1+. The number of benzene rings is 2. The first-order chi connectivity index (χ1) is 14.9. The summed E-state index contributed by atoms with van der Waals surface area (Å²) in [6.45, 7) is 3.12. The minimum Gasteiger partial charge on any atom is -0.492 e. The van der Waals surface area contributed by atoms with E-state index >= 15 is 0 Å². The molecular weight excluding hydrogens is 394 g/mol. The van der Waals surface area contributed by atoms with Gasteiger partial charge in [0.1, 0.15) is 12.4 Å². The maximum atomic E-state index is 9.55. The lowest BCUT2D eigenvalue weighted by atomic mass is 9.73. The van der Waals surface area contributed by atoms with Gasteiger partial charge < -0.3 is 19.8 Å². The molecule has 1 atom stereocenters. The van der Waals surface area contributed by atoms with Crippen molar-refractivity contribution in [2.75, 3.05) is 26.7 Å². The number of ether oxygens (including phenoxy) is 1. The molecule has 6 heteroatoms. The molecule has 1 aliphatic carbocycles. The number of rotatable bonds is 8. The van der Waals surface area contributed by atoms with Crippen LogP contribution in [0.15, 0.2) is 66.7 Å². The van der Waals surface area contributed by atoms with Crippen molar-refractivity contribution in [3.63, 3.8) is 0 Å². The van der Waals surface area contributed by atoms with Crippen molar-refractivity contribution < 1.29 is 24.5 Å². The number of aliphatic carboxylic acids is 2. The van der Waals surface area contributed by atoms with Crippen molar-refractivity contribution in [2.45, 2.75) is 24.7 Å². The van der Waals surface area contributed by atoms with Crippen LogP contribution in [0.25, 0.3) is 0 Å². The molecule has 0 radical (unpaired) electrons. The minimum absolute atomic E-state index is 0.00430. The topological polar surface area (TPSA) is 87.1 Å². The van der Waals surface area contributed by atoms with Gasteiger partial charge in [0, 0.05) is 24.3 Å². The Balaban J connectivity index is 0.000000293. The molecule has 4 rings (SSSR count). The number of fused-ring (bicyclic) bond motifs is 1. The number of carboxylic acids is 2. The average molecular weight is 424 g/mol. The fraction of sp³-hybridized carbons (Fsp3) is 0.360. The molecule has 2 aromatic carbocycles. The highest BCUT2D eigenvalue weighted by Crippen LogP contribution is 2.45. The number of nitrogens with zero attached hydrogens (tertiary/aromatic N) is 1. The lowest BCUT2D eigenvalue weighted by molar-refractivity contribution is -0.134. The van der Waals surface area contributed by atoms with Crippen LogP contribution >= 0.6 is 0 Å². The van der Waals surface area contributed by atoms with E-state index in [1.165, 1.54) is 30.5 Å². The Bertz CT molecular complexity index is 907. The molecule has 1 fully saturated rings. The molecule has 2 aliphatic rings. The molecule has 0 spiro atoms. The zero-order chi connectivity index (χ0) is 22.3. The molecule has 0 saturated heterocycles. The summed E-state index contributed by atoms with van der Waals surface area (Å²) in [5.74, 6) is -0.513. The third-order valence-corrected chi connectivity index (χ3v) is 5.76. The van der Waals surface area contributed by atoms with Gasteiger partial charge in [0.05, 0.1) is 5.41 Å². The first-order valence-corrected chi connectivity index (χ1v) is 10.5. The molecule has 0 aromatic heterocycles. The van der Waals surface area contributed by atoms with Crippen LogP contribution in [0.3, 0.4) is 0 Å². The van der Waals surface area contributed by atoms with Gasteiger partial charge in [-0.2, -0.15) is 0 Å². The summed E-state index contributed by atoms with van der Waals surface area (Å²) in [5.41, 5.74) is 2.73. The lowest BCUT2D eigenvalue weighted by Gasteiger charge is -2.31. The fourth-order valence-corrected chi connectivity index (χ4v) is 3.97. The predicted molar refractivity (Wildman–Crippen MR) is 118 cm³/mol. The lowest BCUT2D eigenvalue weighted by Crippen LogP contribution is -2.35. The van der Waals surface area contributed by atoms with E-state index in [0.29, 0.717) is 12.2 Å². The third kappa shape index (κ3) is 6.18. The molecule has 1 unspecified atom stereocenters.